The van der Waals surface area contributed by atoms with Crippen molar-refractivity contribution in [1.82, 2.24) is 15.0 Å². The van der Waals surface area contributed by atoms with Gasteiger partial charge in [0, 0.05) is 19.0 Å². The number of hydrogen-bond donors (Lipinski definition) is 1. The summed E-state index contributed by atoms with van der Waals surface area (Å²) >= 11 is 0. The van der Waals surface area contributed by atoms with E-state index in [1.54, 1.807) is 7.05 Å². The van der Waals surface area contributed by atoms with E-state index < -0.39 is 0 Å². The summed E-state index contributed by atoms with van der Waals surface area (Å²) in [5, 5.41) is 7.47. The summed E-state index contributed by atoms with van der Waals surface area (Å²) in [6.45, 7) is 0. The Labute approximate surface area is 95.0 Å². The van der Waals surface area contributed by atoms with Crippen molar-refractivity contribution in [2.24, 2.45) is 12.8 Å². The summed E-state index contributed by atoms with van der Waals surface area (Å²) in [5.74, 6) is 0.0527. The molecule has 0 amide bonds. The highest BCUT2D eigenvalue weighted by Crippen LogP contribution is 2.29. The Hall–Kier alpha value is -1.23. The molecule has 1 heterocycles. The quantitative estimate of drug-likeness (QED) is 0.776. The van der Waals surface area contributed by atoms with Gasteiger partial charge >= 0.3 is 0 Å². The third-order valence-electron chi connectivity index (χ3n) is 3.36. The van der Waals surface area contributed by atoms with Crippen LogP contribution >= 0.6 is 0 Å². The van der Waals surface area contributed by atoms with Crippen LogP contribution in [0, 0.1) is 0 Å². The molecule has 0 bridgehead atoms. The van der Waals surface area contributed by atoms with E-state index in [4.69, 9.17) is 5.73 Å². The maximum atomic E-state index is 12.0. The maximum Gasteiger partial charge on any atom is 0.184 e. The van der Waals surface area contributed by atoms with Crippen molar-refractivity contribution in [3.05, 3.63) is 11.9 Å². The highest BCUT2D eigenvalue weighted by molar-refractivity contribution is 5.94. The van der Waals surface area contributed by atoms with Crippen LogP contribution in [-0.2, 0) is 7.05 Å². The smallest absolute Gasteiger partial charge is 0.184 e. The summed E-state index contributed by atoms with van der Waals surface area (Å²) < 4.78 is 1.51. The number of carbonyl (C=O) groups is 1. The third kappa shape index (κ3) is 2.29. The highest BCUT2D eigenvalue weighted by Gasteiger charge is 2.31. The van der Waals surface area contributed by atoms with Gasteiger partial charge in [-0.2, -0.15) is 0 Å². The average Bonchev–Trinajstić information content (AvgIpc) is 2.65. The summed E-state index contributed by atoms with van der Waals surface area (Å²) in [4.78, 5) is 12.0. The predicted octanol–water partition coefficient (Wildman–Crippen LogP) is 1.05. The van der Waals surface area contributed by atoms with Gasteiger partial charge in [0.15, 0.2) is 5.78 Å². The predicted molar refractivity (Wildman–Crippen MR) is 60.0 cm³/mol. The van der Waals surface area contributed by atoms with Crippen LogP contribution in [0.25, 0.3) is 0 Å². The molecule has 2 rings (SSSR count). The molecule has 1 aliphatic carbocycles. The summed E-state index contributed by atoms with van der Waals surface area (Å²) in [7, 11) is 1.73. The van der Waals surface area contributed by atoms with E-state index in [-0.39, 0.29) is 11.3 Å². The van der Waals surface area contributed by atoms with Gasteiger partial charge in [-0.15, -0.1) is 5.10 Å². The number of aryl methyl sites for hydroxylation is 1. The van der Waals surface area contributed by atoms with Crippen LogP contribution in [0.15, 0.2) is 6.20 Å². The summed E-state index contributed by atoms with van der Waals surface area (Å²) in [6.07, 6.45) is 7.32. The first-order valence-corrected chi connectivity index (χ1v) is 5.77. The molecule has 0 spiro atoms. The Morgan fingerprint density at radius 2 is 2.19 bits per heavy atom. The van der Waals surface area contributed by atoms with Gasteiger partial charge in [-0.3, -0.25) is 4.79 Å². The van der Waals surface area contributed by atoms with E-state index in [2.05, 4.69) is 10.3 Å². The van der Waals surface area contributed by atoms with Crippen molar-refractivity contribution < 1.29 is 4.79 Å². The first-order valence-electron chi connectivity index (χ1n) is 5.77. The maximum absolute atomic E-state index is 12.0. The Balaban J connectivity index is 2.04. The fourth-order valence-corrected chi connectivity index (χ4v) is 2.39. The minimum atomic E-state index is -0.306. The fourth-order valence-electron chi connectivity index (χ4n) is 2.39. The van der Waals surface area contributed by atoms with Gasteiger partial charge in [-0.1, -0.05) is 24.5 Å². The summed E-state index contributed by atoms with van der Waals surface area (Å²) in [5.41, 5.74) is 6.49. The molecule has 0 radical (unpaired) electrons. The molecule has 1 aromatic heterocycles. The Morgan fingerprint density at radius 1 is 1.50 bits per heavy atom. The second-order valence-electron chi connectivity index (χ2n) is 4.77. The summed E-state index contributed by atoms with van der Waals surface area (Å²) in [6, 6.07) is 0. The van der Waals surface area contributed by atoms with Gasteiger partial charge in [0.05, 0.1) is 6.20 Å². The molecule has 2 N–H and O–H groups in total. The van der Waals surface area contributed by atoms with Crippen molar-refractivity contribution in [3.8, 4) is 0 Å². The lowest BCUT2D eigenvalue weighted by atomic mass is 9.79. The van der Waals surface area contributed by atoms with Gasteiger partial charge in [0.1, 0.15) is 5.69 Å². The molecule has 1 saturated carbocycles. The molecule has 0 aromatic carbocycles. The fraction of sp³-hybridized carbons (Fsp3) is 0.727. The molecule has 5 heteroatoms. The molecule has 0 unspecified atom stereocenters. The molecule has 1 fully saturated rings. The van der Waals surface area contributed by atoms with Gasteiger partial charge in [0.25, 0.3) is 0 Å². The minimum Gasteiger partial charge on any atom is -0.325 e. The van der Waals surface area contributed by atoms with Crippen LogP contribution in [0.4, 0.5) is 0 Å². The van der Waals surface area contributed by atoms with Crippen LogP contribution in [0.5, 0.6) is 0 Å². The number of nitrogens with zero attached hydrogens (tertiary/aromatic N) is 3. The highest BCUT2D eigenvalue weighted by atomic mass is 16.1. The molecule has 88 valence electrons. The Morgan fingerprint density at radius 3 is 2.75 bits per heavy atom. The van der Waals surface area contributed by atoms with Gasteiger partial charge in [-0.05, 0) is 12.8 Å². The molecule has 5 nitrogen and oxygen atoms in total. The molecular formula is C11H18N4O. The molecule has 0 aliphatic heterocycles. The number of rotatable bonds is 3. The topological polar surface area (TPSA) is 73.8 Å². The minimum absolute atomic E-state index is 0.0527. The normalized spacial score (nSPS) is 19.6. The van der Waals surface area contributed by atoms with Crippen molar-refractivity contribution in [3.63, 3.8) is 0 Å². The van der Waals surface area contributed by atoms with Crippen LogP contribution in [0.3, 0.4) is 0 Å². The van der Waals surface area contributed by atoms with E-state index in [1.165, 1.54) is 17.3 Å². The number of ketones is 1. The lowest BCUT2D eigenvalue weighted by Gasteiger charge is -2.32. The van der Waals surface area contributed by atoms with Crippen molar-refractivity contribution >= 4 is 5.78 Å². The van der Waals surface area contributed by atoms with Gasteiger partial charge < -0.3 is 5.73 Å². The first-order chi connectivity index (χ1) is 7.61. The lowest BCUT2D eigenvalue weighted by Crippen LogP contribution is -2.43. The van der Waals surface area contributed by atoms with Crippen LogP contribution in [0.2, 0.25) is 0 Å². The van der Waals surface area contributed by atoms with Crippen molar-refractivity contribution in [2.75, 3.05) is 0 Å². The third-order valence-corrected chi connectivity index (χ3v) is 3.36. The molecule has 16 heavy (non-hydrogen) atoms. The Kier molecular flexibility index (Phi) is 3.05. The van der Waals surface area contributed by atoms with E-state index in [0.29, 0.717) is 12.1 Å². The van der Waals surface area contributed by atoms with Gasteiger partial charge in [0.2, 0.25) is 0 Å². The zero-order valence-electron chi connectivity index (χ0n) is 9.65. The van der Waals surface area contributed by atoms with Crippen molar-refractivity contribution in [2.45, 2.75) is 44.1 Å². The standard InChI is InChI=1S/C11H18N4O/c1-15-9(8-13-14-15)10(16)7-11(12)5-3-2-4-6-11/h8H,2-7,12H2,1H3. The number of Topliss-reactive ketones (excluding diaryl/α,β-unsaturated/α-hetero) is 1. The first kappa shape index (κ1) is 11.3. The second-order valence-corrected chi connectivity index (χ2v) is 4.77. The van der Waals surface area contributed by atoms with E-state index in [9.17, 15) is 4.79 Å². The number of carbonyl (C=O) groups excluding carboxylic acids is 1. The molecule has 1 aromatic rings. The average molecular weight is 222 g/mol. The van der Waals surface area contributed by atoms with Crippen LogP contribution in [-0.4, -0.2) is 26.3 Å². The SMILES string of the molecule is Cn1nncc1C(=O)CC1(N)CCCCC1. The van der Waals surface area contributed by atoms with E-state index >= 15 is 0 Å². The molecular weight excluding hydrogens is 204 g/mol. The molecule has 0 atom stereocenters. The lowest BCUT2D eigenvalue weighted by molar-refractivity contribution is 0.0925. The zero-order valence-corrected chi connectivity index (χ0v) is 9.65. The second kappa shape index (κ2) is 4.33. The van der Waals surface area contributed by atoms with E-state index in [1.807, 2.05) is 0 Å². The number of aromatic nitrogens is 3. The van der Waals surface area contributed by atoms with E-state index in [0.717, 1.165) is 25.7 Å². The van der Waals surface area contributed by atoms with Gasteiger partial charge in [-0.25, -0.2) is 4.68 Å². The molecule has 0 saturated heterocycles. The number of hydrogen-bond acceptors (Lipinski definition) is 4. The Bertz CT molecular complexity index is 379. The van der Waals surface area contributed by atoms with Crippen LogP contribution in [0.1, 0.15) is 49.0 Å². The van der Waals surface area contributed by atoms with Crippen molar-refractivity contribution in [1.29, 1.82) is 0 Å². The zero-order chi connectivity index (χ0) is 11.6. The number of nitrogens with two attached hydrogens (primary N) is 1. The molecule has 1 aliphatic rings. The monoisotopic (exact) mass is 222 g/mol. The largest absolute Gasteiger partial charge is 0.325 e. The van der Waals surface area contributed by atoms with Crippen LogP contribution < -0.4 is 5.73 Å².